The van der Waals surface area contributed by atoms with Crippen molar-refractivity contribution in [1.29, 1.82) is 0 Å². The fourth-order valence-corrected chi connectivity index (χ4v) is 4.09. The summed E-state index contributed by atoms with van der Waals surface area (Å²) in [4.78, 5) is 28.4. The van der Waals surface area contributed by atoms with E-state index in [9.17, 15) is 9.59 Å². The zero-order valence-corrected chi connectivity index (χ0v) is 15.0. The van der Waals surface area contributed by atoms with Crippen molar-refractivity contribution in [3.63, 3.8) is 0 Å². The van der Waals surface area contributed by atoms with Crippen molar-refractivity contribution in [2.45, 2.75) is 51.5 Å². The molecule has 24 heavy (non-hydrogen) atoms. The third-order valence-electron chi connectivity index (χ3n) is 5.72. The van der Waals surface area contributed by atoms with Gasteiger partial charge in [0.05, 0.1) is 0 Å². The van der Waals surface area contributed by atoms with Crippen LogP contribution in [0, 0.1) is 5.92 Å². The molecule has 0 radical (unpaired) electrons. The number of hydrogen-bond donors (Lipinski definition) is 0. The van der Waals surface area contributed by atoms with Crippen LogP contribution in [0.15, 0.2) is 24.3 Å². The smallest absolute Gasteiger partial charge is 0.253 e. The fraction of sp³-hybridized carbons (Fsp3) is 0.600. The van der Waals surface area contributed by atoms with Gasteiger partial charge in [-0.1, -0.05) is 26.0 Å². The van der Waals surface area contributed by atoms with Gasteiger partial charge in [0.1, 0.15) is 0 Å². The number of hydrogen-bond acceptors (Lipinski definition) is 2. The quantitative estimate of drug-likeness (QED) is 0.855. The molecule has 4 heteroatoms. The SMILES string of the molecule is CC(C)Cc1ccc(C(=O)N2CCC3(CCC(=O)N3C)CC2)cc1. The first kappa shape index (κ1) is 17.0. The van der Waals surface area contributed by atoms with Crippen LogP contribution in [-0.4, -0.2) is 47.3 Å². The zero-order chi connectivity index (χ0) is 17.3. The van der Waals surface area contributed by atoms with E-state index in [4.69, 9.17) is 0 Å². The zero-order valence-electron chi connectivity index (χ0n) is 15.0. The first-order chi connectivity index (χ1) is 11.4. The number of amides is 2. The minimum Gasteiger partial charge on any atom is -0.340 e. The normalized spacial score (nSPS) is 20.2. The van der Waals surface area contributed by atoms with Crippen LogP contribution in [-0.2, 0) is 11.2 Å². The number of carbonyl (C=O) groups is 2. The molecule has 0 bridgehead atoms. The largest absolute Gasteiger partial charge is 0.340 e. The van der Waals surface area contributed by atoms with Crippen LogP contribution in [0.2, 0.25) is 0 Å². The molecule has 2 aliphatic rings. The standard InChI is InChI=1S/C20H28N2O2/c1-15(2)14-16-4-6-17(7-5-16)19(24)22-12-10-20(11-13-22)9-8-18(23)21(20)3/h4-7,15H,8-14H2,1-3H3. The Balaban J connectivity index is 1.62. The van der Waals surface area contributed by atoms with Crippen LogP contribution >= 0.6 is 0 Å². The number of benzene rings is 1. The molecular formula is C20H28N2O2. The van der Waals surface area contributed by atoms with Crippen LogP contribution < -0.4 is 0 Å². The maximum absolute atomic E-state index is 12.7. The molecule has 1 aromatic carbocycles. The highest BCUT2D eigenvalue weighted by molar-refractivity contribution is 5.94. The Labute approximate surface area is 144 Å². The molecule has 3 rings (SSSR count). The molecule has 2 aliphatic heterocycles. The predicted octanol–water partition coefficient (Wildman–Crippen LogP) is 3.11. The molecule has 4 nitrogen and oxygen atoms in total. The van der Waals surface area contributed by atoms with Crippen molar-refractivity contribution >= 4 is 11.8 Å². The van der Waals surface area contributed by atoms with E-state index in [1.165, 1.54) is 5.56 Å². The summed E-state index contributed by atoms with van der Waals surface area (Å²) in [6.45, 7) is 5.88. The van der Waals surface area contributed by atoms with Gasteiger partial charge in [0.25, 0.3) is 5.91 Å². The Hall–Kier alpha value is -1.84. The first-order valence-electron chi connectivity index (χ1n) is 9.06. The molecule has 2 heterocycles. The van der Waals surface area contributed by atoms with Crippen LogP contribution in [0.5, 0.6) is 0 Å². The maximum Gasteiger partial charge on any atom is 0.253 e. The van der Waals surface area contributed by atoms with Crippen molar-refractivity contribution in [1.82, 2.24) is 9.80 Å². The summed E-state index contributed by atoms with van der Waals surface area (Å²) in [7, 11) is 1.92. The van der Waals surface area contributed by atoms with Gasteiger partial charge in [-0.05, 0) is 49.3 Å². The lowest BCUT2D eigenvalue weighted by molar-refractivity contribution is -0.130. The monoisotopic (exact) mass is 328 g/mol. The molecule has 1 aromatic rings. The summed E-state index contributed by atoms with van der Waals surface area (Å²) in [5, 5.41) is 0. The number of likely N-dealkylation sites (tertiary alicyclic amines) is 2. The predicted molar refractivity (Wildman–Crippen MR) is 94.9 cm³/mol. The average molecular weight is 328 g/mol. The molecule has 0 unspecified atom stereocenters. The van der Waals surface area contributed by atoms with Gasteiger partial charge in [-0.15, -0.1) is 0 Å². The van der Waals surface area contributed by atoms with Gasteiger partial charge in [-0.25, -0.2) is 0 Å². The second-order valence-corrected chi connectivity index (χ2v) is 7.76. The number of nitrogens with zero attached hydrogens (tertiary/aromatic N) is 2. The van der Waals surface area contributed by atoms with Crippen molar-refractivity contribution in [3.05, 3.63) is 35.4 Å². The van der Waals surface area contributed by atoms with Gasteiger partial charge in [0, 0.05) is 37.7 Å². The van der Waals surface area contributed by atoms with Crippen molar-refractivity contribution in [2.75, 3.05) is 20.1 Å². The highest BCUT2D eigenvalue weighted by atomic mass is 16.2. The lowest BCUT2D eigenvalue weighted by Gasteiger charge is -2.43. The number of rotatable bonds is 3. The third kappa shape index (κ3) is 3.19. The highest BCUT2D eigenvalue weighted by Gasteiger charge is 2.45. The Morgan fingerprint density at radius 1 is 1.12 bits per heavy atom. The van der Waals surface area contributed by atoms with Crippen molar-refractivity contribution in [3.8, 4) is 0 Å². The van der Waals surface area contributed by atoms with E-state index in [0.29, 0.717) is 12.3 Å². The summed E-state index contributed by atoms with van der Waals surface area (Å²) in [6.07, 6.45) is 4.43. The van der Waals surface area contributed by atoms with Crippen LogP contribution in [0.1, 0.15) is 55.5 Å². The second-order valence-electron chi connectivity index (χ2n) is 7.76. The van der Waals surface area contributed by atoms with Crippen molar-refractivity contribution < 1.29 is 9.59 Å². The third-order valence-corrected chi connectivity index (χ3v) is 5.72. The van der Waals surface area contributed by atoms with Crippen LogP contribution in [0.4, 0.5) is 0 Å². The molecular weight excluding hydrogens is 300 g/mol. The van der Waals surface area contributed by atoms with Crippen LogP contribution in [0.3, 0.4) is 0 Å². The molecule has 0 N–H and O–H groups in total. The van der Waals surface area contributed by atoms with Gasteiger partial charge in [0.15, 0.2) is 0 Å². The summed E-state index contributed by atoms with van der Waals surface area (Å²) >= 11 is 0. The van der Waals surface area contributed by atoms with E-state index < -0.39 is 0 Å². The van der Waals surface area contributed by atoms with E-state index in [-0.39, 0.29) is 17.4 Å². The lowest BCUT2D eigenvalue weighted by atomic mass is 9.85. The summed E-state index contributed by atoms with van der Waals surface area (Å²) in [6, 6.07) is 8.05. The minimum atomic E-state index is -0.00498. The Morgan fingerprint density at radius 3 is 2.25 bits per heavy atom. The van der Waals surface area contributed by atoms with E-state index in [2.05, 4.69) is 26.0 Å². The molecule has 2 amide bonds. The summed E-state index contributed by atoms with van der Waals surface area (Å²) in [5.41, 5.74) is 2.05. The van der Waals surface area contributed by atoms with Crippen molar-refractivity contribution in [2.24, 2.45) is 5.92 Å². The van der Waals surface area contributed by atoms with Gasteiger partial charge in [0.2, 0.25) is 5.91 Å². The van der Waals surface area contributed by atoms with Gasteiger partial charge < -0.3 is 9.80 Å². The molecule has 1 spiro atoms. The van der Waals surface area contributed by atoms with Gasteiger partial charge >= 0.3 is 0 Å². The summed E-state index contributed by atoms with van der Waals surface area (Å²) < 4.78 is 0. The Morgan fingerprint density at radius 2 is 1.75 bits per heavy atom. The topological polar surface area (TPSA) is 40.6 Å². The molecule has 2 fully saturated rings. The second kappa shape index (κ2) is 6.58. The molecule has 0 aliphatic carbocycles. The van der Waals surface area contributed by atoms with E-state index in [1.807, 2.05) is 29.0 Å². The van der Waals surface area contributed by atoms with E-state index in [1.54, 1.807) is 0 Å². The van der Waals surface area contributed by atoms with E-state index in [0.717, 1.165) is 44.3 Å². The van der Waals surface area contributed by atoms with Gasteiger partial charge in [-0.2, -0.15) is 0 Å². The van der Waals surface area contributed by atoms with Gasteiger partial charge in [-0.3, -0.25) is 9.59 Å². The highest BCUT2D eigenvalue weighted by Crippen LogP contribution is 2.38. The van der Waals surface area contributed by atoms with Crippen LogP contribution in [0.25, 0.3) is 0 Å². The maximum atomic E-state index is 12.7. The average Bonchev–Trinajstić information content (AvgIpc) is 2.84. The van der Waals surface area contributed by atoms with E-state index >= 15 is 0 Å². The molecule has 0 aromatic heterocycles. The molecule has 0 saturated carbocycles. The summed E-state index contributed by atoms with van der Waals surface area (Å²) in [5.74, 6) is 0.986. The Kier molecular flexibility index (Phi) is 4.66. The Bertz CT molecular complexity index is 613. The minimum absolute atomic E-state index is 0.00498. The molecule has 130 valence electrons. The first-order valence-corrected chi connectivity index (χ1v) is 9.06. The number of piperidine rings is 1. The molecule has 2 saturated heterocycles. The number of carbonyl (C=O) groups excluding carboxylic acids is 2. The molecule has 0 atom stereocenters. The lowest BCUT2D eigenvalue weighted by Crippen LogP contribution is -2.52. The fourth-order valence-electron chi connectivity index (χ4n) is 4.09.